The number of phenols is 6. The minimum Gasteiger partial charge on any atom is -0.507 e. The second-order valence-electron chi connectivity index (χ2n) is 11.2. The lowest BCUT2D eigenvalue weighted by Gasteiger charge is -2.10. The van der Waals surface area contributed by atoms with Crippen LogP contribution in [0.5, 0.6) is 34.5 Å². The molecule has 9 nitrogen and oxygen atoms in total. The van der Waals surface area contributed by atoms with Gasteiger partial charge in [-0.15, -0.1) is 0 Å². The minimum absolute atomic E-state index is 0.0229. The Morgan fingerprint density at radius 3 is 0.771 bits per heavy atom. The van der Waals surface area contributed by atoms with Gasteiger partial charge in [0.05, 0.1) is 0 Å². The molecule has 1 heterocycles. The van der Waals surface area contributed by atoms with Crippen molar-refractivity contribution in [3.63, 3.8) is 0 Å². The number of hydrogen-bond acceptors (Lipinski definition) is 9. The topological polar surface area (TPSA) is 158 Å². The average Bonchev–Trinajstić information content (AvgIpc) is 3.09. The van der Waals surface area contributed by atoms with Gasteiger partial charge in [0.25, 0.3) is 0 Å². The molecule has 0 fully saturated rings. The highest BCUT2D eigenvalue weighted by Crippen LogP contribution is 2.37. The predicted molar refractivity (Wildman–Crippen MR) is 187 cm³/mol. The van der Waals surface area contributed by atoms with Crippen LogP contribution in [-0.4, -0.2) is 49.3 Å². The Labute approximate surface area is 274 Å². The van der Waals surface area contributed by atoms with Crippen LogP contribution in [0.3, 0.4) is 0 Å². The van der Waals surface area contributed by atoms with Gasteiger partial charge in [0.1, 0.15) is 51.6 Å². The van der Waals surface area contributed by atoms with Gasteiger partial charge in [-0.05, 0) is 106 Å². The van der Waals surface area contributed by atoms with E-state index < -0.39 is 0 Å². The van der Waals surface area contributed by atoms with Crippen molar-refractivity contribution in [3.05, 3.63) is 126 Å². The summed E-state index contributed by atoms with van der Waals surface area (Å²) in [5, 5.41) is 63.7. The molecule has 7 rings (SSSR count). The second kappa shape index (κ2) is 12.1. The smallest absolute Gasteiger partial charge is 0.141 e. The van der Waals surface area contributed by atoms with Gasteiger partial charge in [-0.25, -0.2) is 0 Å². The molecule has 0 aliphatic carbocycles. The summed E-state index contributed by atoms with van der Waals surface area (Å²) in [7, 11) is 0. The Morgan fingerprint density at radius 2 is 0.500 bits per heavy atom. The van der Waals surface area contributed by atoms with E-state index in [1.807, 2.05) is 0 Å². The molecule has 0 atom stereocenters. The van der Waals surface area contributed by atoms with Crippen molar-refractivity contribution in [1.29, 1.82) is 0 Å². The molecule has 12 bridgehead atoms. The normalized spacial score (nSPS) is 12.0. The lowest BCUT2D eigenvalue weighted by atomic mass is 10.0. The first-order valence-electron chi connectivity index (χ1n) is 14.8. The van der Waals surface area contributed by atoms with Crippen molar-refractivity contribution in [2.45, 2.75) is 0 Å². The summed E-state index contributed by atoms with van der Waals surface area (Å²) < 4.78 is 0. The molecule has 6 N–H and O–H groups in total. The number of hydrogen-bond donors (Lipinski definition) is 6. The zero-order valence-electron chi connectivity index (χ0n) is 25.1. The van der Waals surface area contributed by atoms with E-state index in [0.29, 0.717) is 50.1 Å². The van der Waals surface area contributed by atoms with Crippen molar-refractivity contribution >= 4 is 35.7 Å². The molecule has 9 heteroatoms. The second-order valence-corrected chi connectivity index (χ2v) is 11.2. The molecule has 6 aromatic carbocycles. The summed E-state index contributed by atoms with van der Waals surface area (Å²) in [4.78, 5) is 13.4. The maximum Gasteiger partial charge on any atom is 0.141 e. The third-order valence-electron chi connectivity index (χ3n) is 8.04. The van der Waals surface area contributed by atoms with Gasteiger partial charge in [-0.3, -0.25) is 15.0 Å². The fraction of sp³-hybridized carbons (Fsp3) is 0. The lowest BCUT2D eigenvalue weighted by Crippen LogP contribution is -1.88. The number of aromatic hydroxyl groups is 6. The van der Waals surface area contributed by atoms with Crippen LogP contribution in [0.1, 0.15) is 16.7 Å². The molecule has 0 unspecified atom stereocenters. The van der Waals surface area contributed by atoms with E-state index >= 15 is 0 Å². The summed E-state index contributed by atoms with van der Waals surface area (Å²) >= 11 is 0. The molecule has 0 radical (unpaired) electrons. The largest absolute Gasteiger partial charge is 0.507 e. The van der Waals surface area contributed by atoms with E-state index in [1.165, 1.54) is 55.0 Å². The monoisotopic (exact) mass is 633 g/mol. The van der Waals surface area contributed by atoms with Gasteiger partial charge in [0, 0.05) is 35.3 Å². The molecule has 1 aliphatic heterocycles. The first-order valence-corrected chi connectivity index (χ1v) is 14.8. The lowest BCUT2D eigenvalue weighted by molar-refractivity contribution is 0.474. The van der Waals surface area contributed by atoms with E-state index in [0.717, 1.165) is 0 Å². The molecule has 234 valence electrons. The Kier molecular flexibility index (Phi) is 7.54. The van der Waals surface area contributed by atoms with Crippen LogP contribution < -0.4 is 0 Å². The van der Waals surface area contributed by atoms with Crippen LogP contribution >= 0.6 is 0 Å². The van der Waals surface area contributed by atoms with Gasteiger partial charge in [0.15, 0.2) is 0 Å². The first kappa shape index (κ1) is 29.8. The quantitative estimate of drug-likeness (QED) is 0.0983. The number of rotatable bonds is 0. The number of benzene rings is 6. The highest BCUT2D eigenvalue weighted by molar-refractivity contribution is 5.92. The van der Waals surface area contributed by atoms with Gasteiger partial charge in [0.2, 0.25) is 0 Å². The fourth-order valence-corrected chi connectivity index (χ4v) is 5.35. The van der Waals surface area contributed by atoms with E-state index in [9.17, 15) is 30.6 Å². The SMILES string of the molecule is Oc1ccc2cc1C=Nc1cc(ccc1O)-c1ccc(O)c(c1)C=Nc1cc(ccc1O)-c1ccc(O)c(c1)C=Nc1cc-2ccc1O. The Hall–Kier alpha value is -6.87. The number of phenolic OH excluding ortho intramolecular Hbond substituents is 6. The van der Waals surface area contributed by atoms with Crippen LogP contribution in [0.15, 0.2) is 124 Å². The fourth-order valence-electron chi connectivity index (χ4n) is 5.35. The number of fused-ring (bicyclic) bond motifs is 15. The standard InChI is InChI=1S/C39H27N3O6/c43-34-7-1-22-13-28(34)19-40-32-17-26(5-11-38(32)47)24-3-9-36(45)30(15-24)21-42-33-18-27(6-12-39(33)48)23-2-8-35(44)29(14-23)20-41-31-16-25(22)4-10-37(31)46/h1-21,43-48H. The van der Waals surface area contributed by atoms with Gasteiger partial charge >= 0.3 is 0 Å². The summed E-state index contributed by atoms with van der Waals surface area (Å²) in [6.45, 7) is 0. The van der Waals surface area contributed by atoms with Crippen molar-refractivity contribution in [2.24, 2.45) is 15.0 Å². The molecular weight excluding hydrogens is 606 g/mol. The Bertz CT molecular complexity index is 1910. The minimum atomic E-state index is -0.0695. The zero-order valence-corrected chi connectivity index (χ0v) is 25.1. The van der Waals surface area contributed by atoms with Gasteiger partial charge in [-0.2, -0.15) is 0 Å². The maximum atomic E-state index is 10.6. The highest BCUT2D eigenvalue weighted by atomic mass is 16.3. The third-order valence-corrected chi connectivity index (χ3v) is 8.04. The summed E-state index contributed by atoms with van der Waals surface area (Å²) in [6, 6.07) is 29.7. The molecule has 6 aromatic rings. The van der Waals surface area contributed by atoms with E-state index in [4.69, 9.17) is 0 Å². The van der Waals surface area contributed by atoms with Crippen LogP contribution in [0.4, 0.5) is 17.1 Å². The van der Waals surface area contributed by atoms with Crippen molar-refractivity contribution < 1.29 is 30.6 Å². The van der Waals surface area contributed by atoms with E-state index in [-0.39, 0.29) is 51.6 Å². The summed E-state index contributed by atoms with van der Waals surface area (Å²) in [6.07, 6.45) is 4.34. The zero-order chi connectivity index (χ0) is 33.4. The van der Waals surface area contributed by atoms with Crippen LogP contribution in [-0.2, 0) is 0 Å². The summed E-state index contributed by atoms with van der Waals surface area (Å²) in [5.74, 6) is -0.277. The van der Waals surface area contributed by atoms with Gasteiger partial charge < -0.3 is 30.6 Å². The summed E-state index contributed by atoms with van der Waals surface area (Å²) in [5.41, 5.74) is 6.17. The van der Waals surface area contributed by atoms with Crippen LogP contribution in [0.25, 0.3) is 33.4 Å². The van der Waals surface area contributed by atoms with Crippen LogP contribution in [0.2, 0.25) is 0 Å². The molecule has 0 aromatic heterocycles. The van der Waals surface area contributed by atoms with Crippen molar-refractivity contribution in [2.75, 3.05) is 0 Å². The van der Waals surface area contributed by atoms with E-state index in [1.54, 1.807) is 72.8 Å². The molecule has 0 saturated carbocycles. The van der Waals surface area contributed by atoms with E-state index in [2.05, 4.69) is 15.0 Å². The maximum absolute atomic E-state index is 10.6. The molecular formula is C39H27N3O6. The van der Waals surface area contributed by atoms with Crippen molar-refractivity contribution in [3.8, 4) is 67.9 Å². The molecule has 0 saturated heterocycles. The first-order chi connectivity index (χ1) is 23.2. The van der Waals surface area contributed by atoms with Crippen molar-refractivity contribution in [1.82, 2.24) is 0 Å². The molecule has 48 heavy (non-hydrogen) atoms. The predicted octanol–water partition coefficient (Wildman–Crippen LogP) is 8.49. The molecule has 0 spiro atoms. The van der Waals surface area contributed by atoms with Crippen LogP contribution in [0, 0.1) is 0 Å². The van der Waals surface area contributed by atoms with Gasteiger partial charge in [-0.1, -0.05) is 36.4 Å². The Balaban J connectivity index is 1.42. The molecule has 0 amide bonds. The average molecular weight is 634 g/mol. The number of nitrogens with zero attached hydrogens (tertiary/aromatic N) is 3. The number of aliphatic imine (C=N–C) groups is 3. The third kappa shape index (κ3) is 5.91. The molecule has 1 aliphatic rings. The Morgan fingerprint density at radius 1 is 0.271 bits per heavy atom. The highest BCUT2D eigenvalue weighted by Gasteiger charge is 2.12.